The van der Waals surface area contributed by atoms with Crippen molar-refractivity contribution in [3.8, 4) is 0 Å². The maximum Gasteiger partial charge on any atom is 0.269 e. The number of nitro groups is 1. The van der Waals surface area contributed by atoms with Crippen LogP contribution in [0.25, 0.3) is 6.08 Å². The summed E-state index contributed by atoms with van der Waals surface area (Å²) in [5.41, 5.74) is 1.78. The van der Waals surface area contributed by atoms with Gasteiger partial charge in [0.15, 0.2) is 11.6 Å². The van der Waals surface area contributed by atoms with Gasteiger partial charge in [-0.3, -0.25) is 24.5 Å². The third-order valence-electron chi connectivity index (χ3n) is 8.61. The van der Waals surface area contributed by atoms with Gasteiger partial charge in [-0.15, -0.1) is 0 Å². The highest BCUT2D eigenvalue weighted by atomic mass is 35.5. The molecule has 1 fully saturated rings. The van der Waals surface area contributed by atoms with Crippen molar-refractivity contribution in [3.05, 3.63) is 146 Å². The number of Topliss-reactive ketones (excluding diaryl/α,β-unsaturated/α-hetero) is 2. The van der Waals surface area contributed by atoms with Crippen LogP contribution in [0.1, 0.15) is 43.4 Å². The Bertz CT molecular complexity index is 1840. The van der Waals surface area contributed by atoms with Crippen molar-refractivity contribution < 1.29 is 19.3 Å². The van der Waals surface area contributed by atoms with Gasteiger partial charge in [0, 0.05) is 40.2 Å². The van der Waals surface area contributed by atoms with Gasteiger partial charge in [-0.25, -0.2) is 0 Å². The first-order valence-corrected chi connectivity index (χ1v) is 13.7. The molecule has 3 heterocycles. The number of anilines is 1. The normalized spacial score (nSPS) is 23.2. The number of amides is 1. The Labute approximate surface area is 245 Å². The Balaban J connectivity index is 1.51. The van der Waals surface area contributed by atoms with Crippen LogP contribution in [0.3, 0.4) is 0 Å². The Morgan fingerprint density at radius 3 is 2.24 bits per heavy atom. The molecular formula is C33H22ClN3O5. The highest BCUT2D eigenvalue weighted by Gasteiger charge is 2.70. The predicted molar refractivity (Wildman–Crippen MR) is 157 cm³/mol. The lowest BCUT2D eigenvalue weighted by Gasteiger charge is -2.38. The Kier molecular flexibility index (Phi) is 5.85. The molecule has 8 nitrogen and oxygen atoms in total. The summed E-state index contributed by atoms with van der Waals surface area (Å²) in [5.74, 6) is -2.35. The SMILES string of the molecule is O=C(c1ccc(Cl)cc1)[C@@H]1[C@@H](C(=O)c2ccc([N+](=O)[O-])cc2)[C@@]2(C(=O)Nc3ccccc32)[C@H]2c3ccccc3C=CN12. The highest BCUT2D eigenvalue weighted by Crippen LogP contribution is 2.62. The number of ketones is 2. The predicted octanol–water partition coefficient (Wildman–Crippen LogP) is 6.23. The van der Waals surface area contributed by atoms with E-state index in [1.54, 1.807) is 36.5 Å². The van der Waals surface area contributed by atoms with E-state index < -0.39 is 34.1 Å². The van der Waals surface area contributed by atoms with Gasteiger partial charge >= 0.3 is 0 Å². The zero-order valence-electron chi connectivity index (χ0n) is 21.9. The minimum absolute atomic E-state index is 0.167. The van der Waals surface area contributed by atoms with Gasteiger partial charge in [0.25, 0.3) is 5.69 Å². The van der Waals surface area contributed by atoms with Gasteiger partial charge in [0.1, 0.15) is 11.5 Å². The molecule has 3 aliphatic heterocycles. The minimum atomic E-state index is -1.48. The maximum atomic E-state index is 14.7. The first-order chi connectivity index (χ1) is 20.3. The maximum absolute atomic E-state index is 14.7. The molecular weight excluding hydrogens is 554 g/mol. The lowest BCUT2D eigenvalue weighted by molar-refractivity contribution is -0.384. The number of benzene rings is 4. The fraction of sp³-hybridized carbons (Fsp3) is 0.121. The van der Waals surface area contributed by atoms with E-state index in [0.717, 1.165) is 11.1 Å². The molecule has 4 aromatic rings. The molecule has 9 heteroatoms. The minimum Gasteiger partial charge on any atom is -0.358 e. The molecule has 0 saturated carbocycles. The van der Waals surface area contributed by atoms with Crippen molar-refractivity contribution in [1.82, 2.24) is 4.90 Å². The number of hydrogen-bond acceptors (Lipinski definition) is 6. The molecule has 3 aliphatic rings. The molecule has 0 radical (unpaired) electrons. The molecule has 1 spiro atoms. The lowest BCUT2D eigenvalue weighted by atomic mass is 9.62. The number of carbonyl (C=O) groups excluding carboxylic acids is 3. The molecule has 1 amide bonds. The third kappa shape index (κ3) is 3.58. The molecule has 7 rings (SSSR count). The topological polar surface area (TPSA) is 110 Å². The Hall–Kier alpha value is -5.08. The summed E-state index contributed by atoms with van der Waals surface area (Å²) in [6.07, 6.45) is 3.68. The van der Waals surface area contributed by atoms with E-state index in [1.807, 2.05) is 53.4 Å². The quantitative estimate of drug-likeness (QED) is 0.172. The number of hydrogen-bond donors (Lipinski definition) is 1. The first kappa shape index (κ1) is 25.9. The molecule has 1 saturated heterocycles. The van der Waals surface area contributed by atoms with Gasteiger partial charge in [-0.2, -0.15) is 0 Å². The Morgan fingerprint density at radius 2 is 1.50 bits per heavy atom. The molecule has 1 N–H and O–H groups in total. The number of non-ortho nitro benzene ring substituents is 1. The van der Waals surface area contributed by atoms with Crippen LogP contribution in [-0.4, -0.2) is 33.3 Å². The number of nitro benzene ring substituents is 1. The van der Waals surface area contributed by atoms with Crippen molar-refractivity contribution in [3.63, 3.8) is 0 Å². The largest absolute Gasteiger partial charge is 0.358 e. The van der Waals surface area contributed by atoms with Crippen LogP contribution in [0.5, 0.6) is 0 Å². The number of nitrogens with zero attached hydrogens (tertiary/aromatic N) is 2. The summed E-state index contributed by atoms with van der Waals surface area (Å²) in [6, 6.07) is 24.9. The molecule has 206 valence electrons. The van der Waals surface area contributed by atoms with Gasteiger partial charge in [-0.05, 0) is 65.2 Å². The fourth-order valence-electron chi connectivity index (χ4n) is 6.88. The smallest absolute Gasteiger partial charge is 0.269 e. The molecule has 0 aromatic heterocycles. The van der Waals surface area contributed by atoms with E-state index in [9.17, 15) is 24.5 Å². The highest BCUT2D eigenvalue weighted by molar-refractivity contribution is 6.30. The summed E-state index contributed by atoms with van der Waals surface area (Å²) >= 11 is 6.12. The van der Waals surface area contributed by atoms with Crippen molar-refractivity contribution >= 4 is 46.5 Å². The van der Waals surface area contributed by atoms with Crippen LogP contribution in [0, 0.1) is 16.0 Å². The number of nitrogens with one attached hydrogen (secondary N) is 1. The van der Waals surface area contributed by atoms with Crippen LogP contribution in [0.2, 0.25) is 5.02 Å². The van der Waals surface area contributed by atoms with Crippen LogP contribution >= 0.6 is 11.6 Å². The van der Waals surface area contributed by atoms with E-state index in [1.165, 1.54) is 24.3 Å². The van der Waals surface area contributed by atoms with E-state index in [0.29, 0.717) is 21.8 Å². The second-order valence-electron chi connectivity index (χ2n) is 10.6. The van der Waals surface area contributed by atoms with E-state index in [4.69, 9.17) is 11.6 Å². The van der Waals surface area contributed by atoms with E-state index in [2.05, 4.69) is 5.32 Å². The van der Waals surface area contributed by atoms with Gasteiger partial charge in [-0.1, -0.05) is 54.1 Å². The van der Waals surface area contributed by atoms with Gasteiger partial charge in [0.2, 0.25) is 5.91 Å². The molecule has 0 unspecified atom stereocenters. The Morgan fingerprint density at radius 1 is 0.857 bits per heavy atom. The van der Waals surface area contributed by atoms with Gasteiger partial charge in [0.05, 0.1) is 16.9 Å². The standard InChI is InChI=1S/C33H22ClN3O5/c34-22-13-9-21(10-14-22)30(39)28-27(29(38)20-11-15-23(16-12-20)37(41)42)33(25-7-3-4-8-26(25)35-32(33)40)31-24-6-2-1-5-19(24)17-18-36(28)31/h1-18,27-28,31H,(H,35,40)/t27-,28-,31+,33+/m0/s1. The van der Waals surface area contributed by atoms with Crippen molar-refractivity contribution in [2.24, 2.45) is 5.92 Å². The first-order valence-electron chi connectivity index (χ1n) is 13.4. The van der Waals surface area contributed by atoms with E-state index >= 15 is 0 Å². The van der Waals surface area contributed by atoms with Crippen molar-refractivity contribution in [2.75, 3.05) is 5.32 Å². The average molecular weight is 576 g/mol. The van der Waals surface area contributed by atoms with Crippen LogP contribution in [0.4, 0.5) is 11.4 Å². The summed E-state index contributed by atoms with van der Waals surface area (Å²) in [5, 5.41) is 14.8. The fourth-order valence-corrected chi connectivity index (χ4v) is 7.01. The summed E-state index contributed by atoms with van der Waals surface area (Å²) < 4.78 is 0. The summed E-state index contributed by atoms with van der Waals surface area (Å²) in [7, 11) is 0. The molecule has 0 bridgehead atoms. The van der Waals surface area contributed by atoms with Crippen LogP contribution in [-0.2, 0) is 10.2 Å². The monoisotopic (exact) mass is 575 g/mol. The second-order valence-corrected chi connectivity index (χ2v) is 11.1. The molecule has 42 heavy (non-hydrogen) atoms. The number of fused-ring (bicyclic) bond motifs is 6. The van der Waals surface area contributed by atoms with E-state index in [-0.39, 0.29) is 22.9 Å². The van der Waals surface area contributed by atoms with Crippen LogP contribution in [0.15, 0.2) is 103 Å². The number of carbonyl (C=O) groups is 3. The number of rotatable bonds is 5. The third-order valence-corrected chi connectivity index (χ3v) is 8.86. The van der Waals surface area contributed by atoms with Crippen molar-refractivity contribution in [2.45, 2.75) is 17.5 Å². The molecule has 4 atom stereocenters. The zero-order valence-corrected chi connectivity index (χ0v) is 22.7. The van der Waals surface area contributed by atoms with Crippen molar-refractivity contribution in [1.29, 1.82) is 0 Å². The molecule has 4 aromatic carbocycles. The van der Waals surface area contributed by atoms with Crippen LogP contribution < -0.4 is 5.32 Å². The summed E-state index contributed by atoms with van der Waals surface area (Å²) in [4.78, 5) is 56.3. The average Bonchev–Trinajstić information content (AvgIpc) is 3.49. The molecule has 0 aliphatic carbocycles. The number of para-hydroxylation sites is 1. The lowest BCUT2D eigenvalue weighted by Crippen LogP contribution is -2.49. The van der Waals surface area contributed by atoms with Gasteiger partial charge < -0.3 is 10.2 Å². The second kappa shape index (κ2) is 9.49. The summed E-state index contributed by atoms with van der Waals surface area (Å²) in [6.45, 7) is 0. The zero-order chi connectivity index (χ0) is 29.2. The number of halogens is 1.